The van der Waals surface area contributed by atoms with Gasteiger partial charge in [-0.15, -0.1) is 11.3 Å². The molecule has 0 aliphatic carbocycles. The van der Waals surface area contributed by atoms with Gasteiger partial charge in [0.05, 0.1) is 15.8 Å². The second-order valence-electron chi connectivity index (χ2n) is 5.20. The number of amides is 1. The van der Waals surface area contributed by atoms with E-state index < -0.39 is 0 Å². The molecule has 3 aromatic rings. The first kappa shape index (κ1) is 18.2. The number of ether oxygens (including phenoxy) is 1. The van der Waals surface area contributed by atoms with Crippen molar-refractivity contribution in [2.45, 2.75) is 13.5 Å². The SMILES string of the molecule is COc1ccc(Br)cc1CNC(=O)c1c(-c2ccc(Br)s2)noc1C. The van der Waals surface area contributed by atoms with E-state index in [-0.39, 0.29) is 5.91 Å². The lowest BCUT2D eigenvalue weighted by Crippen LogP contribution is -2.24. The van der Waals surface area contributed by atoms with Gasteiger partial charge in [0.1, 0.15) is 22.8 Å². The van der Waals surface area contributed by atoms with E-state index in [2.05, 4.69) is 42.3 Å². The van der Waals surface area contributed by atoms with Crippen LogP contribution in [0.5, 0.6) is 5.75 Å². The van der Waals surface area contributed by atoms with Crippen molar-refractivity contribution in [3.63, 3.8) is 0 Å². The average molecular weight is 486 g/mol. The third-order valence-electron chi connectivity index (χ3n) is 3.58. The van der Waals surface area contributed by atoms with Crippen LogP contribution in [0.2, 0.25) is 0 Å². The summed E-state index contributed by atoms with van der Waals surface area (Å²) in [6.07, 6.45) is 0. The Kier molecular flexibility index (Phi) is 5.61. The fourth-order valence-corrected chi connectivity index (χ4v) is 4.18. The Morgan fingerprint density at radius 2 is 2.12 bits per heavy atom. The minimum atomic E-state index is -0.236. The largest absolute Gasteiger partial charge is 0.496 e. The van der Waals surface area contributed by atoms with Crippen LogP contribution in [0, 0.1) is 6.92 Å². The number of hydrogen-bond acceptors (Lipinski definition) is 5. The molecule has 3 rings (SSSR count). The van der Waals surface area contributed by atoms with E-state index in [9.17, 15) is 4.79 Å². The van der Waals surface area contributed by atoms with Crippen molar-refractivity contribution >= 4 is 49.1 Å². The maximum Gasteiger partial charge on any atom is 0.257 e. The predicted molar refractivity (Wildman–Crippen MR) is 104 cm³/mol. The molecule has 0 aliphatic rings. The highest BCUT2D eigenvalue weighted by Crippen LogP contribution is 2.33. The van der Waals surface area contributed by atoms with Crippen molar-refractivity contribution < 1.29 is 14.1 Å². The van der Waals surface area contributed by atoms with Gasteiger partial charge in [-0.3, -0.25) is 4.79 Å². The summed E-state index contributed by atoms with van der Waals surface area (Å²) in [4.78, 5) is 13.6. The van der Waals surface area contributed by atoms with Crippen LogP contribution in [0.3, 0.4) is 0 Å². The molecule has 0 fully saturated rings. The number of carbonyl (C=O) groups is 1. The van der Waals surface area contributed by atoms with Crippen molar-refractivity contribution in [3.05, 3.63) is 55.5 Å². The van der Waals surface area contributed by atoms with Gasteiger partial charge in [0.2, 0.25) is 0 Å². The summed E-state index contributed by atoms with van der Waals surface area (Å²) in [5.41, 5.74) is 1.87. The summed E-state index contributed by atoms with van der Waals surface area (Å²) in [7, 11) is 1.60. The summed E-state index contributed by atoms with van der Waals surface area (Å²) in [5, 5.41) is 6.96. The molecule has 130 valence electrons. The number of nitrogens with one attached hydrogen (secondary N) is 1. The number of carbonyl (C=O) groups excluding carboxylic acids is 1. The maximum absolute atomic E-state index is 12.7. The van der Waals surface area contributed by atoms with Gasteiger partial charge < -0.3 is 14.6 Å². The Labute approximate surface area is 165 Å². The van der Waals surface area contributed by atoms with E-state index in [4.69, 9.17) is 9.26 Å². The molecule has 1 amide bonds. The van der Waals surface area contributed by atoms with Crippen LogP contribution >= 0.6 is 43.2 Å². The van der Waals surface area contributed by atoms with Crippen molar-refractivity contribution in [2.24, 2.45) is 0 Å². The second-order valence-corrected chi connectivity index (χ2v) is 8.58. The summed E-state index contributed by atoms with van der Waals surface area (Å²) in [6, 6.07) is 9.47. The summed E-state index contributed by atoms with van der Waals surface area (Å²) < 4.78 is 12.5. The number of methoxy groups -OCH3 is 1. The van der Waals surface area contributed by atoms with Crippen molar-refractivity contribution in [1.82, 2.24) is 10.5 Å². The zero-order valence-electron chi connectivity index (χ0n) is 13.4. The molecule has 1 N–H and O–H groups in total. The monoisotopic (exact) mass is 484 g/mol. The van der Waals surface area contributed by atoms with Crippen LogP contribution in [0.4, 0.5) is 0 Å². The van der Waals surface area contributed by atoms with E-state index in [0.717, 1.165) is 18.7 Å². The highest BCUT2D eigenvalue weighted by atomic mass is 79.9. The van der Waals surface area contributed by atoms with Gasteiger partial charge in [0.25, 0.3) is 5.91 Å². The number of aryl methyl sites for hydroxylation is 1. The van der Waals surface area contributed by atoms with E-state index in [1.165, 1.54) is 11.3 Å². The lowest BCUT2D eigenvalue weighted by Gasteiger charge is -2.10. The summed E-state index contributed by atoms with van der Waals surface area (Å²) >= 11 is 8.35. The van der Waals surface area contributed by atoms with E-state index >= 15 is 0 Å². The Balaban J connectivity index is 1.83. The van der Waals surface area contributed by atoms with Gasteiger partial charge in [0.15, 0.2) is 0 Å². The Bertz CT molecular complexity index is 921. The molecule has 25 heavy (non-hydrogen) atoms. The molecule has 0 spiro atoms. The molecule has 0 atom stereocenters. The molecular formula is C17H14Br2N2O3S. The highest BCUT2D eigenvalue weighted by Gasteiger charge is 2.22. The van der Waals surface area contributed by atoms with E-state index in [1.807, 2.05) is 30.3 Å². The standard InChI is InChI=1S/C17H14Br2N2O3S/c1-9-15(16(21-24-9)13-5-6-14(19)25-13)17(22)20-8-10-7-11(18)3-4-12(10)23-2/h3-7H,8H2,1-2H3,(H,20,22). The minimum absolute atomic E-state index is 0.236. The number of hydrogen-bond donors (Lipinski definition) is 1. The molecule has 0 unspecified atom stereocenters. The van der Waals surface area contributed by atoms with Gasteiger partial charge in [0, 0.05) is 16.6 Å². The normalized spacial score (nSPS) is 10.7. The second kappa shape index (κ2) is 7.72. The smallest absolute Gasteiger partial charge is 0.257 e. The van der Waals surface area contributed by atoms with E-state index in [0.29, 0.717) is 29.3 Å². The van der Waals surface area contributed by atoms with Gasteiger partial charge in [-0.1, -0.05) is 21.1 Å². The molecule has 5 nitrogen and oxygen atoms in total. The lowest BCUT2D eigenvalue weighted by molar-refractivity contribution is 0.0949. The topological polar surface area (TPSA) is 64.4 Å². The molecule has 2 aromatic heterocycles. The molecule has 0 bridgehead atoms. The van der Waals surface area contributed by atoms with Gasteiger partial charge in [-0.25, -0.2) is 0 Å². The fourth-order valence-electron chi connectivity index (χ4n) is 2.40. The van der Waals surface area contributed by atoms with Crippen LogP contribution in [0.25, 0.3) is 10.6 Å². The van der Waals surface area contributed by atoms with Gasteiger partial charge >= 0.3 is 0 Å². The van der Waals surface area contributed by atoms with Gasteiger partial charge in [-0.05, 0) is 53.2 Å². The average Bonchev–Trinajstić information content (AvgIpc) is 3.18. The Hall–Kier alpha value is -1.64. The highest BCUT2D eigenvalue weighted by molar-refractivity contribution is 9.11. The molecule has 0 saturated carbocycles. The maximum atomic E-state index is 12.7. The van der Waals surface area contributed by atoms with Crippen LogP contribution in [0.1, 0.15) is 21.7 Å². The van der Waals surface area contributed by atoms with Crippen LogP contribution < -0.4 is 10.1 Å². The number of benzene rings is 1. The molecule has 8 heteroatoms. The van der Waals surface area contributed by atoms with Crippen molar-refractivity contribution in [3.8, 4) is 16.3 Å². The molecule has 2 heterocycles. The zero-order chi connectivity index (χ0) is 18.0. The van der Waals surface area contributed by atoms with E-state index in [1.54, 1.807) is 14.0 Å². The number of aromatic nitrogens is 1. The van der Waals surface area contributed by atoms with Crippen molar-refractivity contribution in [2.75, 3.05) is 7.11 Å². The summed E-state index contributed by atoms with van der Waals surface area (Å²) in [6.45, 7) is 2.06. The minimum Gasteiger partial charge on any atom is -0.496 e. The molecule has 0 saturated heterocycles. The Morgan fingerprint density at radius 1 is 1.32 bits per heavy atom. The quantitative estimate of drug-likeness (QED) is 0.541. The summed E-state index contributed by atoms with van der Waals surface area (Å²) in [5.74, 6) is 0.964. The Morgan fingerprint density at radius 3 is 2.80 bits per heavy atom. The first-order chi connectivity index (χ1) is 12.0. The van der Waals surface area contributed by atoms with Crippen LogP contribution in [-0.2, 0) is 6.54 Å². The number of thiophene rings is 1. The molecule has 0 aliphatic heterocycles. The predicted octanol–water partition coefficient (Wildman–Crippen LogP) is 5.18. The van der Waals surface area contributed by atoms with Gasteiger partial charge in [-0.2, -0.15) is 0 Å². The zero-order valence-corrected chi connectivity index (χ0v) is 17.4. The third kappa shape index (κ3) is 3.96. The lowest BCUT2D eigenvalue weighted by atomic mass is 10.1. The first-order valence-electron chi connectivity index (χ1n) is 7.32. The number of rotatable bonds is 5. The van der Waals surface area contributed by atoms with Crippen molar-refractivity contribution in [1.29, 1.82) is 0 Å². The molecular weight excluding hydrogens is 472 g/mol. The fraction of sp³-hybridized carbons (Fsp3) is 0.176. The third-order valence-corrected chi connectivity index (χ3v) is 5.70. The molecule has 1 aromatic carbocycles. The number of halogens is 2. The molecule has 0 radical (unpaired) electrons. The van der Waals surface area contributed by atoms with Crippen LogP contribution in [0.15, 0.2) is 43.1 Å². The first-order valence-corrected chi connectivity index (χ1v) is 9.72. The number of nitrogens with zero attached hydrogens (tertiary/aromatic N) is 1. The van der Waals surface area contributed by atoms with Crippen LogP contribution in [-0.4, -0.2) is 18.2 Å².